The van der Waals surface area contributed by atoms with Crippen LogP contribution in [0.1, 0.15) is 30.1 Å². The van der Waals surface area contributed by atoms with Gasteiger partial charge in [0.1, 0.15) is 0 Å². The molecule has 1 aliphatic rings. The zero-order valence-electron chi connectivity index (χ0n) is 14.5. The molecule has 1 atom stereocenters. The van der Waals surface area contributed by atoms with E-state index in [1.54, 1.807) is 11.8 Å². The fraction of sp³-hybridized carbons (Fsp3) is 0.333. The molecule has 3 rings (SSSR count). The zero-order valence-corrected chi connectivity index (χ0v) is 14.5. The quantitative estimate of drug-likeness (QED) is 0.798. The van der Waals surface area contributed by atoms with Gasteiger partial charge >= 0.3 is 5.97 Å². The highest BCUT2D eigenvalue weighted by Crippen LogP contribution is 2.26. The van der Waals surface area contributed by atoms with Crippen LogP contribution in [0.5, 0.6) is 0 Å². The maximum absolute atomic E-state index is 13.1. The minimum Gasteiger partial charge on any atom is -0.466 e. The summed E-state index contributed by atoms with van der Waals surface area (Å²) >= 11 is 0. The van der Waals surface area contributed by atoms with E-state index in [0.717, 1.165) is 24.0 Å². The molecular formula is C21H23NO3. The van der Waals surface area contributed by atoms with Crippen LogP contribution in [-0.2, 0) is 9.53 Å². The van der Waals surface area contributed by atoms with Crippen LogP contribution in [0.4, 0.5) is 0 Å². The minimum absolute atomic E-state index is 0.0200. The predicted molar refractivity (Wildman–Crippen MR) is 97.1 cm³/mol. The summed E-state index contributed by atoms with van der Waals surface area (Å²) in [6, 6.07) is 17.6. The normalized spacial score (nSPS) is 17.2. The number of hydrogen-bond acceptors (Lipinski definition) is 3. The molecule has 0 N–H and O–H groups in total. The lowest BCUT2D eigenvalue weighted by Crippen LogP contribution is -2.43. The van der Waals surface area contributed by atoms with E-state index in [1.165, 1.54) is 0 Å². The molecule has 0 bridgehead atoms. The molecule has 1 amide bonds. The smallest absolute Gasteiger partial charge is 0.310 e. The van der Waals surface area contributed by atoms with Crippen LogP contribution in [0.2, 0.25) is 0 Å². The molecule has 1 heterocycles. The molecule has 25 heavy (non-hydrogen) atoms. The summed E-state index contributed by atoms with van der Waals surface area (Å²) in [5.41, 5.74) is 2.62. The Hall–Kier alpha value is -2.62. The molecule has 0 spiro atoms. The fourth-order valence-electron chi connectivity index (χ4n) is 3.32. The lowest BCUT2D eigenvalue weighted by molar-refractivity contribution is -0.149. The minimum atomic E-state index is -0.221. The van der Waals surface area contributed by atoms with Crippen LogP contribution in [0.3, 0.4) is 0 Å². The third kappa shape index (κ3) is 3.90. The highest BCUT2D eigenvalue weighted by atomic mass is 16.5. The number of likely N-dealkylation sites (tertiary alicyclic amines) is 1. The fourth-order valence-corrected chi connectivity index (χ4v) is 3.32. The average molecular weight is 337 g/mol. The second-order valence-electron chi connectivity index (χ2n) is 6.25. The summed E-state index contributed by atoms with van der Waals surface area (Å²) in [5, 5.41) is 0. The van der Waals surface area contributed by atoms with Crippen molar-refractivity contribution < 1.29 is 14.3 Å². The van der Waals surface area contributed by atoms with E-state index in [-0.39, 0.29) is 17.8 Å². The highest BCUT2D eigenvalue weighted by molar-refractivity contribution is 6.01. The second kappa shape index (κ2) is 7.97. The van der Waals surface area contributed by atoms with E-state index in [4.69, 9.17) is 4.74 Å². The molecular weight excluding hydrogens is 314 g/mol. The van der Waals surface area contributed by atoms with Gasteiger partial charge in [0, 0.05) is 18.7 Å². The van der Waals surface area contributed by atoms with Gasteiger partial charge in [-0.3, -0.25) is 9.59 Å². The lowest BCUT2D eigenvalue weighted by Gasteiger charge is -2.32. The number of carbonyl (C=O) groups is 2. The van der Waals surface area contributed by atoms with Crippen LogP contribution < -0.4 is 0 Å². The summed E-state index contributed by atoms with van der Waals surface area (Å²) in [4.78, 5) is 26.9. The number of piperidine rings is 1. The highest BCUT2D eigenvalue weighted by Gasteiger charge is 2.30. The van der Waals surface area contributed by atoms with Gasteiger partial charge < -0.3 is 9.64 Å². The van der Waals surface area contributed by atoms with Crippen molar-refractivity contribution in [3.05, 3.63) is 60.2 Å². The molecule has 2 aromatic rings. The first-order valence-electron chi connectivity index (χ1n) is 8.81. The SMILES string of the molecule is CCOC(=O)[C@H]1CCCN(C(=O)c2ccccc2-c2ccccc2)C1. The van der Waals surface area contributed by atoms with Crippen molar-refractivity contribution in [2.24, 2.45) is 5.92 Å². The largest absolute Gasteiger partial charge is 0.466 e. The first-order valence-corrected chi connectivity index (χ1v) is 8.81. The van der Waals surface area contributed by atoms with E-state index in [9.17, 15) is 9.59 Å². The average Bonchev–Trinajstić information content (AvgIpc) is 2.68. The van der Waals surface area contributed by atoms with E-state index >= 15 is 0 Å². The predicted octanol–water partition coefficient (Wildman–Crippen LogP) is 3.77. The molecule has 2 aromatic carbocycles. The van der Waals surface area contributed by atoms with Gasteiger partial charge in [0.2, 0.25) is 0 Å². The Morgan fingerprint density at radius 3 is 2.56 bits per heavy atom. The molecule has 0 unspecified atom stereocenters. The van der Waals surface area contributed by atoms with Gasteiger partial charge in [-0.05, 0) is 37.0 Å². The Bertz CT molecular complexity index is 742. The third-order valence-corrected chi connectivity index (χ3v) is 4.57. The van der Waals surface area contributed by atoms with E-state index in [0.29, 0.717) is 25.3 Å². The van der Waals surface area contributed by atoms with Gasteiger partial charge in [0.25, 0.3) is 5.91 Å². The molecule has 4 heteroatoms. The summed E-state index contributed by atoms with van der Waals surface area (Å²) < 4.78 is 5.13. The number of ether oxygens (including phenoxy) is 1. The van der Waals surface area contributed by atoms with Gasteiger partial charge in [-0.2, -0.15) is 0 Å². The Kier molecular flexibility index (Phi) is 5.49. The maximum Gasteiger partial charge on any atom is 0.310 e. The van der Waals surface area contributed by atoms with E-state index in [1.807, 2.05) is 54.6 Å². The van der Waals surface area contributed by atoms with Crippen molar-refractivity contribution in [1.82, 2.24) is 4.90 Å². The number of amides is 1. The Morgan fingerprint density at radius 2 is 1.80 bits per heavy atom. The van der Waals surface area contributed by atoms with Crippen molar-refractivity contribution in [2.45, 2.75) is 19.8 Å². The van der Waals surface area contributed by atoms with Crippen LogP contribution >= 0.6 is 0 Å². The summed E-state index contributed by atoms with van der Waals surface area (Å²) in [6.45, 7) is 3.29. The van der Waals surface area contributed by atoms with E-state index in [2.05, 4.69) is 0 Å². The molecule has 0 saturated carbocycles. The molecule has 0 aliphatic carbocycles. The lowest BCUT2D eigenvalue weighted by atomic mass is 9.95. The van der Waals surface area contributed by atoms with Crippen LogP contribution in [0, 0.1) is 5.92 Å². The van der Waals surface area contributed by atoms with Gasteiger partial charge in [0.15, 0.2) is 0 Å². The maximum atomic E-state index is 13.1. The molecule has 0 aromatic heterocycles. The van der Waals surface area contributed by atoms with Crippen molar-refractivity contribution in [3.63, 3.8) is 0 Å². The number of hydrogen-bond donors (Lipinski definition) is 0. The number of rotatable bonds is 4. The van der Waals surface area contributed by atoms with Crippen molar-refractivity contribution in [3.8, 4) is 11.1 Å². The van der Waals surface area contributed by atoms with E-state index < -0.39 is 0 Å². The topological polar surface area (TPSA) is 46.6 Å². The van der Waals surface area contributed by atoms with Crippen LogP contribution in [0.25, 0.3) is 11.1 Å². The van der Waals surface area contributed by atoms with Crippen molar-refractivity contribution >= 4 is 11.9 Å². The molecule has 1 aliphatic heterocycles. The first kappa shape index (κ1) is 17.2. The summed E-state index contributed by atoms with van der Waals surface area (Å²) in [6.07, 6.45) is 1.60. The standard InChI is InChI=1S/C21H23NO3/c1-2-25-21(24)17-11-8-14-22(15-17)20(23)19-13-7-6-12-18(19)16-9-4-3-5-10-16/h3-7,9-10,12-13,17H,2,8,11,14-15H2,1H3/t17-/m0/s1. The van der Waals surface area contributed by atoms with Gasteiger partial charge in [-0.25, -0.2) is 0 Å². The summed E-state index contributed by atoms with van der Waals surface area (Å²) in [5.74, 6) is -0.439. The Morgan fingerprint density at radius 1 is 1.08 bits per heavy atom. The zero-order chi connectivity index (χ0) is 17.6. The molecule has 0 radical (unpaired) electrons. The summed E-state index contributed by atoms with van der Waals surface area (Å²) in [7, 11) is 0. The van der Waals surface area contributed by atoms with Gasteiger partial charge in [-0.15, -0.1) is 0 Å². The Balaban J connectivity index is 1.83. The monoisotopic (exact) mass is 337 g/mol. The molecule has 1 fully saturated rings. The molecule has 1 saturated heterocycles. The van der Waals surface area contributed by atoms with Crippen LogP contribution in [0.15, 0.2) is 54.6 Å². The van der Waals surface area contributed by atoms with Gasteiger partial charge in [0.05, 0.1) is 12.5 Å². The first-order chi connectivity index (χ1) is 12.2. The molecule has 4 nitrogen and oxygen atoms in total. The molecule has 130 valence electrons. The van der Waals surface area contributed by atoms with Crippen LogP contribution in [-0.4, -0.2) is 36.5 Å². The number of carbonyl (C=O) groups excluding carboxylic acids is 2. The Labute approximate surface area is 148 Å². The third-order valence-electron chi connectivity index (χ3n) is 4.57. The second-order valence-corrected chi connectivity index (χ2v) is 6.25. The van der Waals surface area contributed by atoms with Crippen molar-refractivity contribution in [1.29, 1.82) is 0 Å². The number of nitrogens with zero attached hydrogens (tertiary/aromatic N) is 1. The van der Waals surface area contributed by atoms with Gasteiger partial charge in [-0.1, -0.05) is 48.5 Å². The van der Waals surface area contributed by atoms with Crippen molar-refractivity contribution in [2.75, 3.05) is 19.7 Å². The number of benzene rings is 2. The number of esters is 1.